The monoisotopic (exact) mass is 739 g/mol. The van der Waals surface area contributed by atoms with Crippen LogP contribution in [0.3, 0.4) is 0 Å². The van der Waals surface area contributed by atoms with E-state index in [4.69, 9.17) is 8.83 Å². The Labute approximate surface area is 334 Å². The van der Waals surface area contributed by atoms with Gasteiger partial charge in [0.2, 0.25) is 0 Å². The first kappa shape index (κ1) is 31.6. The Morgan fingerprint density at radius 2 is 0.879 bits per heavy atom. The third-order valence-electron chi connectivity index (χ3n) is 12.7. The highest BCUT2D eigenvalue weighted by Crippen LogP contribution is 2.63. The standard InChI is InChI=1S/C55H33NO2/c1-3-15-34(16-4-1)43-31-37(32-44-53-51(58-54(43)44)30-29-50-52(53)42-22-10-14-26-49(42)57-50)56(35-17-5-2-6-18-35)36-27-28-41-40-21-9-13-25-47(40)55(48(41)33-36)45-23-11-7-19-38(45)39-20-8-12-24-46(39)55/h1-33H. The van der Waals surface area contributed by atoms with Crippen LogP contribution in [0.15, 0.2) is 209 Å². The highest BCUT2D eigenvalue weighted by molar-refractivity contribution is 6.27. The smallest absolute Gasteiger partial charge is 0.143 e. The van der Waals surface area contributed by atoms with Gasteiger partial charge in [0.25, 0.3) is 0 Å². The zero-order valence-electron chi connectivity index (χ0n) is 31.3. The Balaban J connectivity index is 1.13. The van der Waals surface area contributed by atoms with E-state index >= 15 is 0 Å². The highest BCUT2D eigenvalue weighted by atomic mass is 16.3. The van der Waals surface area contributed by atoms with Crippen LogP contribution in [-0.2, 0) is 5.41 Å². The summed E-state index contributed by atoms with van der Waals surface area (Å²) < 4.78 is 13.3. The first-order valence-electron chi connectivity index (χ1n) is 19.9. The fourth-order valence-electron chi connectivity index (χ4n) is 10.4. The number of furan rings is 2. The van der Waals surface area contributed by atoms with E-state index in [0.29, 0.717) is 0 Å². The number of hydrogen-bond donors (Lipinski definition) is 0. The van der Waals surface area contributed by atoms with Crippen LogP contribution in [0.25, 0.3) is 77.3 Å². The van der Waals surface area contributed by atoms with E-state index < -0.39 is 5.41 Å². The van der Waals surface area contributed by atoms with Crippen molar-refractivity contribution in [2.75, 3.05) is 4.90 Å². The third-order valence-corrected chi connectivity index (χ3v) is 12.7. The van der Waals surface area contributed by atoms with Gasteiger partial charge in [-0.2, -0.15) is 0 Å². The average molecular weight is 740 g/mol. The van der Waals surface area contributed by atoms with Gasteiger partial charge in [-0.1, -0.05) is 146 Å². The predicted octanol–water partition coefficient (Wildman–Crippen LogP) is 15.0. The third kappa shape index (κ3) is 4.12. The topological polar surface area (TPSA) is 29.5 Å². The molecule has 0 aliphatic heterocycles. The zero-order valence-corrected chi connectivity index (χ0v) is 31.3. The second-order valence-corrected chi connectivity index (χ2v) is 15.5. The van der Waals surface area contributed by atoms with E-state index in [1.807, 2.05) is 18.2 Å². The molecule has 0 saturated carbocycles. The molecular formula is C55H33NO2. The van der Waals surface area contributed by atoms with Gasteiger partial charge >= 0.3 is 0 Å². The van der Waals surface area contributed by atoms with Gasteiger partial charge in [-0.3, -0.25) is 0 Å². The van der Waals surface area contributed by atoms with Crippen LogP contribution in [0.4, 0.5) is 17.1 Å². The Bertz CT molecular complexity index is 3400. The van der Waals surface area contributed by atoms with Crippen molar-refractivity contribution >= 4 is 60.9 Å². The summed E-state index contributed by atoms with van der Waals surface area (Å²) in [6, 6.07) is 72.5. The molecule has 2 heterocycles. The van der Waals surface area contributed by atoms with Gasteiger partial charge in [-0.15, -0.1) is 0 Å². The van der Waals surface area contributed by atoms with Gasteiger partial charge in [-0.25, -0.2) is 0 Å². The number of rotatable bonds is 4. The van der Waals surface area contributed by atoms with Crippen LogP contribution >= 0.6 is 0 Å². The number of benzene rings is 9. The summed E-state index contributed by atoms with van der Waals surface area (Å²) >= 11 is 0. The summed E-state index contributed by atoms with van der Waals surface area (Å²) in [6.45, 7) is 0. The molecule has 3 heteroatoms. The molecule has 13 rings (SSSR count). The quantitative estimate of drug-likeness (QED) is 0.180. The van der Waals surface area contributed by atoms with Crippen molar-refractivity contribution in [2.45, 2.75) is 5.41 Å². The highest BCUT2D eigenvalue weighted by Gasteiger charge is 2.51. The first-order chi connectivity index (χ1) is 28.8. The fraction of sp³-hybridized carbons (Fsp3) is 0.0182. The average Bonchev–Trinajstić information content (AvgIpc) is 4.02. The van der Waals surface area contributed by atoms with Crippen molar-refractivity contribution < 1.29 is 8.83 Å². The molecule has 2 aliphatic carbocycles. The molecule has 2 aromatic heterocycles. The molecule has 270 valence electrons. The van der Waals surface area contributed by atoms with Crippen molar-refractivity contribution in [3.63, 3.8) is 0 Å². The van der Waals surface area contributed by atoms with E-state index in [-0.39, 0.29) is 0 Å². The number of fused-ring (bicyclic) bond motifs is 17. The summed E-state index contributed by atoms with van der Waals surface area (Å²) in [5.74, 6) is 0. The van der Waals surface area contributed by atoms with E-state index in [0.717, 1.165) is 72.1 Å². The lowest BCUT2D eigenvalue weighted by molar-refractivity contribution is 0.663. The van der Waals surface area contributed by atoms with Crippen LogP contribution < -0.4 is 4.90 Å². The van der Waals surface area contributed by atoms with E-state index in [1.165, 1.54) is 44.5 Å². The van der Waals surface area contributed by atoms with Gasteiger partial charge in [0.05, 0.1) is 5.41 Å². The van der Waals surface area contributed by atoms with Gasteiger partial charge in [0.1, 0.15) is 22.3 Å². The second-order valence-electron chi connectivity index (χ2n) is 15.5. The van der Waals surface area contributed by atoms with Crippen LogP contribution in [0.2, 0.25) is 0 Å². The van der Waals surface area contributed by atoms with Gasteiger partial charge < -0.3 is 13.7 Å². The minimum atomic E-state index is -0.453. The lowest BCUT2D eigenvalue weighted by Crippen LogP contribution is -2.26. The summed E-state index contributed by atoms with van der Waals surface area (Å²) in [4.78, 5) is 2.42. The number of para-hydroxylation sites is 2. The van der Waals surface area contributed by atoms with Crippen LogP contribution in [0.1, 0.15) is 22.3 Å². The number of nitrogens with zero attached hydrogens (tertiary/aromatic N) is 1. The molecule has 0 saturated heterocycles. The van der Waals surface area contributed by atoms with Crippen molar-refractivity contribution in [2.24, 2.45) is 0 Å². The van der Waals surface area contributed by atoms with Crippen molar-refractivity contribution in [3.8, 4) is 33.4 Å². The largest absolute Gasteiger partial charge is 0.456 e. The molecule has 0 fully saturated rings. The molecule has 0 unspecified atom stereocenters. The van der Waals surface area contributed by atoms with Crippen LogP contribution in [0, 0.1) is 0 Å². The maximum Gasteiger partial charge on any atom is 0.143 e. The normalized spacial score (nSPS) is 13.3. The second kappa shape index (κ2) is 11.7. The molecule has 0 bridgehead atoms. The molecule has 2 aliphatic rings. The zero-order chi connectivity index (χ0) is 38.0. The van der Waals surface area contributed by atoms with E-state index in [9.17, 15) is 0 Å². The lowest BCUT2D eigenvalue weighted by Gasteiger charge is -2.32. The first-order valence-corrected chi connectivity index (χ1v) is 19.9. The maximum atomic E-state index is 6.88. The van der Waals surface area contributed by atoms with Crippen LogP contribution in [0.5, 0.6) is 0 Å². The summed E-state index contributed by atoms with van der Waals surface area (Å²) in [6.07, 6.45) is 0. The van der Waals surface area contributed by atoms with Gasteiger partial charge in [0, 0.05) is 44.2 Å². The Hall–Kier alpha value is -7.62. The Kier molecular flexibility index (Phi) is 6.37. The maximum absolute atomic E-state index is 6.88. The molecule has 0 atom stereocenters. The van der Waals surface area contributed by atoms with E-state index in [2.05, 4.69) is 187 Å². The van der Waals surface area contributed by atoms with E-state index in [1.54, 1.807) is 0 Å². The van der Waals surface area contributed by atoms with Gasteiger partial charge in [0.15, 0.2) is 0 Å². The molecule has 1 spiro atoms. The lowest BCUT2D eigenvalue weighted by atomic mass is 9.70. The van der Waals surface area contributed by atoms with Crippen molar-refractivity contribution in [1.82, 2.24) is 0 Å². The fourth-order valence-corrected chi connectivity index (χ4v) is 10.4. The molecule has 0 radical (unpaired) electrons. The van der Waals surface area contributed by atoms with Crippen molar-refractivity contribution in [1.29, 1.82) is 0 Å². The molecule has 9 aromatic carbocycles. The minimum Gasteiger partial charge on any atom is -0.456 e. The number of hydrogen-bond acceptors (Lipinski definition) is 3. The molecule has 58 heavy (non-hydrogen) atoms. The molecule has 11 aromatic rings. The molecule has 0 N–H and O–H groups in total. The predicted molar refractivity (Wildman–Crippen MR) is 237 cm³/mol. The summed E-state index contributed by atoms with van der Waals surface area (Å²) in [7, 11) is 0. The Morgan fingerprint density at radius 3 is 1.57 bits per heavy atom. The van der Waals surface area contributed by atoms with Crippen molar-refractivity contribution in [3.05, 3.63) is 222 Å². The molecule has 0 amide bonds. The number of anilines is 3. The molecular weight excluding hydrogens is 707 g/mol. The summed E-state index contributed by atoms with van der Waals surface area (Å²) in [5.41, 5.74) is 18.8. The molecule has 3 nitrogen and oxygen atoms in total. The van der Waals surface area contributed by atoms with Gasteiger partial charge in [-0.05, 0) is 105 Å². The SMILES string of the molecule is c1ccc(-c2cc(N(c3ccccc3)c3ccc4c(c3)C3(c5ccccc5-c5ccccc53)c3ccccc3-4)cc3c2oc2ccc4oc5ccccc5c4c23)cc1. The Morgan fingerprint density at radius 1 is 0.328 bits per heavy atom. The summed E-state index contributed by atoms with van der Waals surface area (Å²) in [5, 5.41) is 4.27. The minimum absolute atomic E-state index is 0.453. The van der Waals surface area contributed by atoms with Crippen LogP contribution in [-0.4, -0.2) is 0 Å².